The Labute approximate surface area is 211 Å². The summed E-state index contributed by atoms with van der Waals surface area (Å²) in [6.07, 6.45) is 9.48. The van der Waals surface area contributed by atoms with Gasteiger partial charge in [-0.25, -0.2) is 0 Å². The lowest BCUT2D eigenvalue weighted by molar-refractivity contribution is -0.132. The van der Waals surface area contributed by atoms with E-state index in [-0.39, 0.29) is 33.2 Å². The van der Waals surface area contributed by atoms with Gasteiger partial charge < -0.3 is 0 Å². The van der Waals surface area contributed by atoms with Crippen molar-refractivity contribution < 1.29 is 22.2 Å². The molecule has 5 nitrogen and oxygen atoms in total. The third-order valence-corrected chi connectivity index (χ3v) is 11.6. The molecule has 7 heteroatoms. The molecule has 0 aliphatic heterocycles. The molecule has 4 aliphatic carbocycles. The largest absolute Gasteiger partial charge is 0.297 e. The molecule has 0 saturated heterocycles. The molecular formula is C27H33BrO5S. The lowest BCUT2D eigenvalue weighted by Gasteiger charge is -2.58. The monoisotopic (exact) mass is 548 g/mol. The molecule has 0 radical (unpaired) electrons. The average Bonchev–Trinajstić information content (AvgIpc) is 3.15. The molecule has 0 N–H and O–H groups in total. The Morgan fingerprint density at radius 2 is 1.76 bits per heavy atom. The molecule has 0 heterocycles. The highest BCUT2D eigenvalue weighted by molar-refractivity contribution is 9.10. The zero-order chi connectivity index (χ0) is 24.3. The van der Waals surface area contributed by atoms with Gasteiger partial charge in [0.2, 0.25) is 0 Å². The second-order valence-electron chi connectivity index (χ2n) is 11.3. The summed E-state index contributed by atoms with van der Waals surface area (Å²) in [7, 11) is -3.97. The highest BCUT2D eigenvalue weighted by atomic mass is 79.9. The second-order valence-corrected chi connectivity index (χ2v) is 13.8. The van der Waals surface area contributed by atoms with E-state index in [0.29, 0.717) is 24.2 Å². The van der Waals surface area contributed by atoms with Crippen molar-refractivity contribution in [1.82, 2.24) is 0 Å². The SMILES string of the molecule is C[C@@]12CC[C@@H]3[C@H](CCC4=CC(=O)CC[C@]43C)[C@H]1CC[C@H]2C(=O)COS(=O)(=O)c1ccc(Br)cc1. The zero-order valence-electron chi connectivity index (χ0n) is 19.9. The van der Waals surface area contributed by atoms with E-state index in [2.05, 4.69) is 29.8 Å². The van der Waals surface area contributed by atoms with Crippen LogP contribution in [0.1, 0.15) is 65.2 Å². The van der Waals surface area contributed by atoms with E-state index < -0.39 is 16.7 Å². The van der Waals surface area contributed by atoms with Gasteiger partial charge in [-0.2, -0.15) is 8.42 Å². The first-order valence-electron chi connectivity index (χ1n) is 12.5. The average molecular weight is 550 g/mol. The van der Waals surface area contributed by atoms with Crippen LogP contribution < -0.4 is 0 Å². The van der Waals surface area contributed by atoms with Crippen molar-refractivity contribution in [3.8, 4) is 0 Å². The van der Waals surface area contributed by atoms with Crippen molar-refractivity contribution in [2.75, 3.05) is 6.61 Å². The highest BCUT2D eigenvalue weighted by Gasteiger charge is 2.60. The molecule has 3 fully saturated rings. The van der Waals surface area contributed by atoms with Crippen LogP contribution in [0.3, 0.4) is 0 Å². The number of halogens is 1. The standard InChI is InChI=1S/C27H33BrO5S/c1-26-13-11-19(29)15-17(26)3-8-21-22-9-10-24(27(22,2)14-12-23(21)26)25(30)16-33-34(31,32)20-6-4-18(28)5-7-20/h4-7,15,21-24H,3,8-14,16H2,1-2H3/t21-,22-,23-,24+,26-,27-/m1/s1. The molecule has 5 rings (SSSR count). The van der Waals surface area contributed by atoms with Gasteiger partial charge in [0.25, 0.3) is 10.1 Å². The minimum absolute atomic E-state index is 0.0600. The normalized spacial score (nSPS) is 37.4. The van der Waals surface area contributed by atoms with E-state index in [9.17, 15) is 18.0 Å². The fourth-order valence-corrected chi connectivity index (χ4v) is 9.13. The van der Waals surface area contributed by atoms with Crippen LogP contribution >= 0.6 is 15.9 Å². The van der Waals surface area contributed by atoms with Crippen molar-refractivity contribution in [3.05, 3.63) is 40.4 Å². The maximum absolute atomic E-state index is 13.3. The van der Waals surface area contributed by atoms with Gasteiger partial charge in [-0.15, -0.1) is 0 Å². The summed E-state index contributed by atoms with van der Waals surface area (Å²) in [5.74, 6) is 1.64. The third kappa shape index (κ3) is 3.96. The van der Waals surface area contributed by atoms with Crippen LogP contribution in [0.2, 0.25) is 0 Å². The zero-order valence-corrected chi connectivity index (χ0v) is 22.3. The van der Waals surface area contributed by atoms with Crippen molar-refractivity contribution >= 4 is 37.6 Å². The fraction of sp³-hybridized carbons (Fsp3) is 0.630. The van der Waals surface area contributed by atoms with Gasteiger partial charge in [0, 0.05) is 16.8 Å². The number of benzene rings is 1. The highest BCUT2D eigenvalue weighted by Crippen LogP contribution is 2.66. The Kier molecular flexibility index (Phi) is 6.22. The summed E-state index contributed by atoms with van der Waals surface area (Å²) in [5, 5.41) is 0. The first kappa shape index (κ1) is 24.4. The van der Waals surface area contributed by atoms with Crippen molar-refractivity contribution in [3.63, 3.8) is 0 Å². The van der Waals surface area contributed by atoms with Gasteiger partial charge >= 0.3 is 0 Å². The molecule has 1 aromatic rings. The van der Waals surface area contributed by atoms with E-state index in [1.54, 1.807) is 12.1 Å². The summed E-state index contributed by atoms with van der Waals surface area (Å²) in [6, 6.07) is 6.24. The van der Waals surface area contributed by atoms with Gasteiger partial charge in [-0.05, 0) is 104 Å². The van der Waals surface area contributed by atoms with Crippen molar-refractivity contribution in [2.24, 2.45) is 34.5 Å². The Bertz CT molecular complexity index is 1140. The smallest absolute Gasteiger partial charge is 0.297 e. The Morgan fingerprint density at radius 3 is 2.50 bits per heavy atom. The topological polar surface area (TPSA) is 77.5 Å². The van der Waals surface area contributed by atoms with Crippen molar-refractivity contribution in [2.45, 2.75) is 70.1 Å². The summed E-state index contributed by atoms with van der Waals surface area (Å²) in [6.45, 7) is 4.22. The minimum atomic E-state index is -3.97. The summed E-state index contributed by atoms with van der Waals surface area (Å²) >= 11 is 3.30. The molecular weight excluding hydrogens is 516 g/mol. The summed E-state index contributed by atoms with van der Waals surface area (Å²) in [4.78, 5) is 25.4. The number of allylic oxidation sites excluding steroid dienone is 1. The molecule has 1 aromatic carbocycles. The molecule has 0 aromatic heterocycles. The molecule has 4 aliphatic rings. The van der Waals surface area contributed by atoms with Crippen LogP contribution in [0, 0.1) is 34.5 Å². The molecule has 6 atom stereocenters. The number of Topliss-reactive ketones (excluding diaryl/α,β-unsaturated/α-hetero) is 1. The maximum atomic E-state index is 13.3. The lowest BCUT2D eigenvalue weighted by atomic mass is 9.46. The van der Waals surface area contributed by atoms with E-state index in [4.69, 9.17) is 4.18 Å². The molecule has 3 saturated carbocycles. The molecule has 0 amide bonds. The van der Waals surface area contributed by atoms with Gasteiger partial charge in [-0.1, -0.05) is 35.4 Å². The third-order valence-electron chi connectivity index (χ3n) is 9.81. The first-order chi connectivity index (χ1) is 16.0. The van der Waals surface area contributed by atoms with Gasteiger partial charge in [-0.3, -0.25) is 13.8 Å². The lowest BCUT2D eigenvalue weighted by Crippen LogP contribution is -2.51. The second kappa shape index (κ2) is 8.67. The quantitative estimate of drug-likeness (QED) is 0.430. The number of rotatable bonds is 5. The molecule has 0 bridgehead atoms. The Balaban J connectivity index is 1.30. The van der Waals surface area contributed by atoms with E-state index in [0.717, 1.165) is 49.4 Å². The summed E-state index contributed by atoms with van der Waals surface area (Å²) < 4.78 is 31.2. The minimum Gasteiger partial charge on any atom is -0.297 e. The van der Waals surface area contributed by atoms with Crippen LogP contribution in [-0.2, 0) is 23.9 Å². The number of carbonyl (C=O) groups excluding carboxylic acids is 2. The molecule has 184 valence electrons. The Hall–Kier alpha value is -1.31. The fourth-order valence-electron chi connectivity index (χ4n) is 7.99. The number of hydrogen-bond donors (Lipinski definition) is 0. The van der Waals surface area contributed by atoms with E-state index in [1.807, 2.05) is 6.08 Å². The molecule has 0 unspecified atom stereocenters. The molecule has 34 heavy (non-hydrogen) atoms. The van der Waals surface area contributed by atoms with Gasteiger partial charge in [0.1, 0.15) is 6.61 Å². The number of carbonyl (C=O) groups is 2. The van der Waals surface area contributed by atoms with Crippen LogP contribution in [0.15, 0.2) is 45.3 Å². The summed E-state index contributed by atoms with van der Waals surface area (Å²) in [5.41, 5.74) is 1.36. The predicted octanol–water partition coefficient (Wildman–Crippen LogP) is 5.87. The number of fused-ring (bicyclic) bond motifs is 5. The van der Waals surface area contributed by atoms with Crippen LogP contribution in [0.5, 0.6) is 0 Å². The van der Waals surface area contributed by atoms with Gasteiger partial charge in [0.05, 0.1) is 4.90 Å². The van der Waals surface area contributed by atoms with Crippen LogP contribution in [0.25, 0.3) is 0 Å². The first-order valence-corrected chi connectivity index (χ1v) is 14.7. The van der Waals surface area contributed by atoms with E-state index >= 15 is 0 Å². The van der Waals surface area contributed by atoms with E-state index in [1.165, 1.54) is 17.7 Å². The van der Waals surface area contributed by atoms with Crippen LogP contribution in [-0.4, -0.2) is 26.6 Å². The number of ketones is 2. The van der Waals surface area contributed by atoms with Gasteiger partial charge in [0.15, 0.2) is 11.6 Å². The maximum Gasteiger partial charge on any atom is 0.297 e. The predicted molar refractivity (Wildman–Crippen MR) is 132 cm³/mol. The van der Waals surface area contributed by atoms with Crippen LogP contribution in [0.4, 0.5) is 0 Å². The number of hydrogen-bond acceptors (Lipinski definition) is 5. The molecule has 0 spiro atoms. The Morgan fingerprint density at radius 1 is 1.03 bits per heavy atom. The van der Waals surface area contributed by atoms with Crippen molar-refractivity contribution in [1.29, 1.82) is 0 Å².